The van der Waals surface area contributed by atoms with Crippen LogP contribution in [0.15, 0.2) is 28.7 Å². The van der Waals surface area contributed by atoms with Gasteiger partial charge in [0.25, 0.3) is 0 Å². The smallest absolute Gasteiger partial charge is 0.136 e. The minimum absolute atomic E-state index is 0.0672. The highest BCUT2D eigenvalue weighted by molar-refractivity contribution is 9.10. The van der Waals surface area contributed by atoms with E-state index in [-0.39, 0.29) is 6.61 Å². The predicted molar refractivity (Wildman–Crippen MR) is 84.5 cm³/mol. The van der Waals surface area contributed by atoms with Crippen LogP contribution in [0.1, 0.15) is 11.4 Å². The Morgan fingerprint density at radius 1 is 1.15 bits per heavy atom. The van der Waals surface area contributed by atoms with E-state index < -0.39 is 0 Å². The Labute approximate surface area is 126 Å². The molecule has 3 N–H and O–H groups in total. The first-order chi connectivity index (χ1) is 9.58. The van der Waals surface area contributed by atoms with Gasteiger partial charge in [-0.3, -0.25) is 0 Å². The molecule has 0 saturated heterocycles. The molecule has 0 unspecified atom stereocenters. The van der Waals surface area contributed by atoms with Crippen molar-refractivity contribution in [1.82, 2.24) is 9.97 Å². The molecule has 6 heteroatoms. The molecule has 0 aliphatic carbocycles. The lowest BCUT2D eigenvalue weighted by molar-refractivity contribution is 0.311. The molecular weight excluding hydrogens is 320 g/mol. The van der Waals surface area contributed by atoms with Gasteiger partial charge in [-0.05, 0) is 37.6 Å². The van der Waals surface area contributed by atoms with Crippen LogP contribution in [0, 0.1) is 13.8 Å². The van der Waals surface area contributed by atoms with Crippen molar-refractivity contribution < 1.29 is 5.11 Å². The summed E-state index contributed by atoms with van der Waals surface area (Å²) in [5.74, 6) is 2.09. The third kappa shape index (κ3) is 3.91. The first-order valence-electron chi connectivity index (χ1n) is 6.32. The van der Waals surface area contributed by atoms with Crippen LogP contribution in [0.3, 0.4) is 0 Å². The molecule has 0 spiro atoms. The average Bonchev–Trinajstić information content (AvgIpc) is 2.40. The maximum atomic E-state index is 8.83. The molecule has 0 atom stereocenters. The number of rotatable bonds is 5. The monoisotopic (exact) mass is 336 g/mol. The zero-order chi connectivity index (χ0) is 14.5. The minimum Gasteiger partial charge on any atom is -0.395 e. The van der Waals surface area contributed by atoms with Crippen LogP contribution in [-0.2, 0) is 0 Å². The van der Waals surface area contributed by atoms with E-state index in [4.69, 9.17) is 5.11 Å². The average molecular weight is 337 g/mol. The standard InChI is InChI=1S/C14H17BrN4O/c1-9-7-11(3-4-12(9)15)19-14-8-13(16-5-6-20)17-10(2)18-14/h3-4,7-8,20H,5-6H2,1-2H3,(H2,16,17,18,19). The second kappa shape index (κ2) is 6.67. The number of nitrogens with one attached hydrogen (secondary N) is 2. The Morgan fingerprint density at radius 3 is 2.60 bits per heavy atom. The number of hydrogen-bond acceptors (Lipinski definition) is 5. The van der Waals surface area contributed by atoms with E-state index in [9.17, 15) is 0 Å². The number of aliphatic hydroxyl groups is 1. The predicted octanol–water partition coefficient (Wildman–Crippen LogP) is 3.00. The zero-order valence-electron chi connectivity index (χ0n) is 11.4. The minimum atomic E-state index is 0.0672. The summed E-state index contributed by atoms with van der Waals surface area (Å²) >= 11 is 3.48. The number of hydrogen-bond donors (Lipinski definition) is 3. The quantitative estimate of drug-likeness (QED) is 0.782. The number of aliphatic hydroxyl groups excluding tert-OH is 1. The Morgan fingerprint density at radius 2 is 1.90 bits per heavy atom. The highest BCUT2D eigenvalue weighted by Gasteiger charge is 2.03. The van der Waals surface area contributed by atoms with E-state index >= 15 is 0 Å². The molecule has 0 bridgehead atoms. The van der Waals surface area contributed by atoms with Crippen LogP contribution in [0.4, 0.5) is 17.3 Å². The summed E-state index contributed by atoms with van der Waals surface area (Å²) in [6.45, 7) is 4.40. The van der Waals surface area contributed by atoms with Gasteiger partial charge in [-0.25, -0.2) is 9.97 Å². The number of aryl methyl sites for hydroxylation is 2. The molecule has 1 aromatic carbocycles. The van der Waals surface area contributed by atoms with Crippen molar-refractivity contribution in [3.63, 3.8) is 0 Å². The highest BCUT2D eigenvalue weighted by atomic mass is 79.9. The summed E-state index contributed by atoms with van der Waals surface area (Å²) in [6, 6.07) is 7.84. The van der Waals surface area contributed by atoms with E-state index in [1.54, 1.807) is 0 Å². The van der Waals surface area contributed by atoms with Crippen molar-refractivity contribution in [2.75, 3.05) is 23.8 Å². The number of nitrogens with zero attached hydrogens (tertiary/aromatic N) is 2. The molecule has 1 heterocycles. The summed E-state index contributed by atoms with van der Waals surface area (Å²) in [5.41, 5.74) is 2.12. The van der Waals surface area contributed by atoms with Crippen molar-refractivity contribution in [3.05, 3.63) is 40.1 Å². The third-order valence-electron chi connectivity index (χ3n) is 2.69. The van der Waals surface area contributed by atoms with E-state index in [1.807, 2.05) is 38.1 Å². The molecule has 5 nitrogen and oxygen atoms in total. The largest absolute Gasteiger partial charge is 0.395 e. The van der Waals surface area contributed by atoms with Crippen molar-refractivity contribution in [2.45, 2.75) is 13.8 Å². The first kappa shape index (κ1) is 14.7. The zero-order valence-corrected chi connectivity index (χ0v) is 13.0. The molecular formula is C14H17BrN4O. The van der Waals surface area contributed by atoms with E-state index in [2.05, 4.69) is 36.5 Å². The number of halogens is 1. The first-order valence-corrected chi connectivity index (χ1v) is 7.11. The lowest BCUT2D eigenvalue weighted by Crippen LogP contribution is -2.09. The fourth-order valence-corrected chi connectivity index (χ4v) is 2.02. The molecule has 106 valence electrons. The van der Waals surface area contributed by atoms with Crippen molar-refractivity contribution >= 4 is 33.3 Å². The summed E-state index contributed by atoms with van der Waals surface area (Å²) in [7, 11) is 0. The van der Waals surface area contributed by atoms with Crippen molar-refractivity contribution in [3.8, 4) is 0 Å². The van der Waals surface area contributed by atoms with Gasteiger partial charge in [0.2, 0.25) is 0 Å². The normalized spacial score (nSPS) is 10.4. The van der Waals surface area contributed by atoms with Gasteiger partial charge >= 0.3 is 0 Å². The topological polar surface area (TPSA) is 70.1 Å². The van der Waals surface area contributed by atoms with Crippen LogP contribution in [-0.4, -0.2) is 28.2 Å². The molecule has 0 aliphatic heterocycles. The SMILES string of the molecule is Cc1nc(NCCO)cc(Nc2ccc(Br)c(C)c2)n1. The second-order valence-electron chi connectivity index (χ2n) is 4.42. The van der Waals surface area contributed by atoms with Gasteiger partial charge < -0.3 is 15.7 Å². The van der Waals surface area contributed by atoms with Crippen LogP contribution < -0.4 is 10.6 Å². The highest BCUT2D eigenvalue weighted by Crippen LogP contribution is 2.23. The Balaban J connectivity index is 2.19. The van der Waals surface area contributed by atoms with E-state index in [1.165, 1.54) is 0 Å². The third-order valence-corrected chi connectivity index (χ3v) is 3.58. The fraction of sp³-hybridized carbons (Fsp3) is 0.286. The molecule has 0 amide bonds. The van der Waals surface area contributed by atoms with Crippen molar-refractivity contribution in [2.24, 2.45) is 0 Å². The summed E-state index contributed by atoms with van der Waals surface area (Å²) in [6.07, 6.45) is 0. The van der Waals surface area contributed by atoms with Gasteiger partial charge in [-0.1, -0.05) is 15.9 Å². The lowest BCUT2D eigenvalue weighted by atomic mass is 10.2. The molecule has 2 rings (SSSR count). The maximum Gasteiger partial charge on any atom is 0.136 e. The lowest BCUT2D eigenvalue weighted by Gasteiger charge is -2.10. The van der Waals surface area contributed by atoms with Crippen LogP contribution in [0.25, 0.3) is 0 Å². The van der Waals surface area contributed by atoms with E-state index in [0.29, 0.717) is 18.2 Å². The molecule has 1 aromatic heterocycles. The Hall–Kier alpha value is -1.66. The molecule has 0 saturated carbocycles. The van der Waals surface area contributed by atoms with Gasteiger partial charge in [0.05, 0.1) is 6.61 Å². The molecule has 0 radical (unpaired) electrons. The molecule has 0 aliphatic rings. The Bertz CT molecular complexity index is 604. The summed E-state index contributed by atoms with van der Waals surface area (Å²) < 4.78 is 1.08. The number of aromatic nitrogens is 2. The number of anilines is 3. The fourth-order valence-electron chi connectivity index (χ4n) is 1.78. The van der Waals surface area contributed by atoms with E-state index in [0.717, 1.165) is 21.5 Å². The molecule has 2 aromatic rings. The Kier molecular flexibility index (Phi) is 4.92. The van der Waals surface area contributed by atoms with Gasteiger partial charge in [-0.2, -0.15) is 0 Å². The van der Waals surface area contributed by atoms with Gasteiger partial charge in [0, 0.05) is 22.8 Å². The van der Waals surface area contributed by atoms with Gasteiger partial charge in [-0.15, -0.1) is 0 Å². The number of benzene rings is 1. The van der Waals surface area contributed by atoms with Crippen LogP contribution in [0.5, 0.6) is 0 Å². The molecule has 20 heavy (non-hydrogen) atoms. The molecule has 0 fully saturated rings. The van der Waals surface area contributed by atoms with Crippen LogP contribution in [0.2, 0.25) is 0 Å². The van der Waals surface area contributed by atoms with Gasteiger partial charge in [0.15, 0.2) is 0 Å². The maximum absolute atomic E-state index is 8.83. The summed E-state index contributed by atoms with van der Waals surface area (Å²) in [4.78, 5) is 8.62. The summed E-state index contributed by atoms with van der Waals surface area (Å²) in [5, 5.41) is 15.1. The van der Waals surface area contributed by atoms with Crippen molar-refractivity contribution in [1.29, 1.82) is 0 Å². The van der Waals surface area contributed by atoms with Crippen LogP contribution >= 0.6 is 15.9 Å². The second-order valence-corrected chi connectivity index (χ2v) is 5.28. The van der Waals surface area contributed by atoms with Gasteiger partial charge in [0.1, 0.15) is 17.5 Å².